The van der Waals surface area contributed by atoms with E-state index < -0.39 is 31.6 Å². The van der Waals surface area contributed by atoms with Crippen molar-refractivity contribution in [1.29, 1.82) is 5.26 Å². The fourth-order valence-corrected chi connectivity index (χ4v) is 1.28. The second-order valence-corrected chi connectivity index (χ2v) is 3.69. The number of allylic oxidation sites excluding steroid dienone is 1. The van der Waals surface area contributed by atoms with Crippen LogP contribution in [0.15, 0.2) is 10.5 Å². The molecule has 7 heteroatoms. The van der Waals surface area contributed by atoms with Crippen LogP contribution in [0.2, 0.25) is 0 Å². The van der Waals surface area contributed by atoms with Gasteiger partial charge in [0, 0.05) is 0 Å². The number of nitriles is 1. The molecule has 0 aliphatic heterocycles. The van der Waals surface area contributed by atoms with E-state index in [1.807, 2.05) is 0 Å². The maximum atomic E-state index is 12.1. The van der Waals surface area contributed by atoms with Gasteiger partial charge in [-0.15, -0.1) is 0 Å². The van der Waals surface area contributed by atoms with Gasteiger partial charge in [-0.1, -0.05) is 0 Å². The number of rotatable bonds is 3. The standard InChI is InChI=1S/C7H6F3NO2Se/c1-2-13-6(12)3-5(14-4-11)7(8,9)10/h3H,2H2,1H3/b5-3-. The molecular weight excluding hydrogens is 266 g/mol. The van der Waals surface area contributed by atoms with Crippen molar-refractivity contribution < 1.29 is 22.7 Å². The van der Waals surface area contributed by atoms with E-state index in [0.717, 1.165) is 0 Å². The van der Waals surface area contributed by atoms with E-state index in [2.05, 4.69) is 4.74 Å². The molecule has 0 bridgehead atoms. The molecule has 0 aliphatic rings. The van der Waals surface area contributed by atoms with E-state index in [4.69, 9.17) is 5.26 Å². The van der Waals surface area contributed by atoms with E-state index in [9.17, 15) is 18.0 Å². The fraction of sp³-hybridized carbons (Fsp3) is 0.429. The van der Waals surface area contributed by atoms with Gasteiger partial charge in [0.2, 0.25) is 0 Å². The molecule has 0 aromatic carbocycles. The minimum atomic E-state index is -4.64. The van der Waals surface area contributed by atoms with Gasteiger partial charge in [0.15, 0.2) is 0 Å². The Hall–Kier alpha value is -0.991. The van der Waals surface area contributed by atoms with E-state index in [0.29, 0.717) is 6.08 Å². The summed E-state index contributed by atoms with van der Waals surface area (Å²) < 4.78 is 39.5. The fourth-order valence-electron chi connectivity index (χ4n) is 0.509. The average molecular weight is 272 g/mol. The van der Waals surface area contributed by atoms with Crippen LogP contribution in [0.25, 0.3) is 0 Å². The molecule has 0 spiro atoms. The summed E-state index contributed by atoms with van der Waals surface area (Å²) in [5.41, 5.74) is 0. The monoisotopic (exact) mass is 273 g/mol. The van der Waals surface area contributed by atoms with Crippen LogP contribution in [-0.4, -0.2) is 33.7 Å². The van der Waals surface area contributed by atoms with Crippen LogP contribution in [0.5, 0.6) is 0 Å². The summed E-state index contributed by atoms with van der Waals surface area (Å²) in [7, 11) is 0. The third-order valence-corrected chi connectivity index (χ3v) is 2.36. The number of carbonyl (C=O) groups is 1. The summed E-state index contributed by atoms with van der Waals surface area (Å²) in [6.45, 7) is 1.48. The molecule has 0 radical (unpaired) electrons. The third-order valence-electron chi connectivity index (χ3n) is 0.971. The number of nitrogens with zero attached hydrogens (tertiary/aromatic N) is 1. The normalized spacial score (nSPS) is 12.1. The molecule has 3 nitrogen and oxygen atoms in total. The SMILES string of the molecule is CCOC(=O)/C=C(\[Se]C#N)C(F)(F)F. The van der Waals surface area contributed by atoms with Crippen molar-refractivity contribution in [3.8, 4) is 4.97 Å². The maximum absolute atomic E-state index is 12.1. The Bertz CT molecular complexity index is 280. The van der Waals surface area contributed by atoms with Crippen LogP contribution in [0.4, 0.5) is 13.2 Å². The molecule has 0 amide bonds. The number of esters is 1. The third kappa shape index (κ3) is 4.90. The van der Waals surface area contributed by atoms with Crippen molar-refractivity contribution >= 4 is 20.9 Å². The average Bonchev–Trinajstić information content (AvgIpc) is 2.02. The van der Waals surface area contributed by atoms with E-state index in [1.54, 1.807) is 0 Å². The predicted octanol–water partition coefficient (Wildman–Crippen LogP) is 1.18. The van der Waals surface area contributed by atoms with Crippen LogP contribution in [0.1, 0.15) is 6.92 Å². The zero-order chi connectivity index (χ0) is 11.2. The molecule has 0 N–H and O–H groups in total. The first-order valence-corrected chi connectivity index (χ1v) is 5.14. The van der Waals surface area contributed by atoms with Gasteiger partial charge in [0.25, 0.3) is 0 Å². The van der Waals surface area contributed by atoms with E-state index in [-0.39, 0.29) is 6.61 Å². The van der Waals surface area contributed by atoms with Crippen LogP contribution >= 0.6 is 0 Å². The van der Waals surface area contributed by atoms with E-state index >= 15 is 0 Å². The van der Waals surface area contributed by atoms with E-state index in [1.165, 1.54) is 11.9 Å². The summed E-state index contributed by atoms with van der Waals surface area (Å²) in [5.74, 6) is -1.07. The molecule has 0 saturated carbocycles. The molecule has 0 aliphatic carbocycles. The Morgan fingerprint density at radius 2 is 2.21 bits per heavy atom. The molecule has 0 heterocycles. The van der Waals surface area contributed by atoms with Crippen LogP contribution in [0, 0.1) is 10.2 Å². The first-order valence-electron chi connectivity index (χ1n) is 3.43. The van der Waals surface area contributed by atoms with Crippen LogP contribution in [-0.2, 0) is 9.53 Å². The summed E-state index contributed by atoms with van der Waals surface area (Å²) in [6, 6.07) is 0. The summed E-state index contributed by atoms with van der Waals surface area (Å²) in [6.07, 6.45) is -4.31. The molecular formula is C7H6F3NO2Se. The molecule has 0 unspecified atom stereocenters. The molecule has 0 fully saturated rings. The van der Waals surface area contributed by atoms with Crippen molar-refractivity contribution in [2.24, 2.45) is 0 Å². The number of alkyl halides is 3. The molecule has 0 aromatic heterocycles. The first kappa shape index (κ1) is 13.0. The van der Waals surface area contributed by atoms with Crippen LogP contribution < -0.4 is 0 Å². The molecule has 0 atom stereocenters. The van der Waals surface area contributed by atoms with Gasteiger partial charge < -0.3 is 0 Å². The Balaban J connectivity index is 4.66. The van der Waals surface area contributed by atoms with Gasteiger partial charge in [0.05, 0.1) is 0 Å². The minimum absolute atomic E-state index is 0.0000239. The van der Waals surface area contributed by atoms with Crippen LogP contribution in [0.3, 0.4) is 0 Å². The molecule has 0 aromatic rings. The van der Waals surface area contributed by atoms with Gasteiger partial charge in [-0.2, -0.15) is 0 Å². The van der Waals surface area contributed by atoms with Crippen molar-refractivity contribution in [1.82, 2.24) is 0 Å². The van der Waals surface area contributed by atoms with Crippen molar-refractivity contribution in [3.05, 3.63) is 10.5 Å². The molecule has 0 rings (SSSR count). The number of hydrogen-bond acceptors (Lipinski definition) is 3. The van der Waals surface area contributed by atoms with Crippen molar-refractivity contribution in [2.45, 2.75) is 13.1 Å². The Morgan fingerprint density at radius 1 is 1.64 bits per heavy atom. The zero-order valence-electron chi connectivity index (χ0n) is 7.09. The Morgan fingerprint density at radius 3 is 2.57 bits per heavy atom. The molecule has 14 heavy (non-hydrogen) atoms. The second kappa shape index (κ2) is 5.68. The second-order valence-electron chi connectivity index (χ2n) is 1.95. The van der Waals surface area contributed by atoms with Gasteiger partial charge in [-0.3, -0.25) is 0 Å². The quantitative estimate of drug-likeness (QED) is 0.440. The molecule has 78 valence electrons. The zero-order valence-corrected chi connectivity index (χ0v) is 8.80. The number of halogens is 3. The predicted molar refractivity (Wildman–Crippen MR) is 42.1 cm³/mol. The number of hydrogen-bond donors (Lipinski definition) is 0. The summed E-state index contributed by atoms with van der Waals surface area (Å²) >= 11 is -1.41. The summed E-state index contributed by atoms with van der Waals surface area (Å²) in [4.78, 5) is 12.1. The number of carbonyl (C=O) groups excluding carboxylic acids is 1. The Labute approximate surface area is 84.7 Å². The Kier molecular flexibility index (Phi) is 5.28. The number of ether oxygens (including phenoxy) is 1. The van der Waals surface area contributed by atoms with Gasteiger partial charge in [-0.25, -0.2) is 0 Å². The van der Waals surface area contributed by atoms with Crippen molar-refractivity contribution in [3.63, 3.8) is 0 Å². The first-order chi connectivity index (χ1) is 6.41. The topological polar surface area (TPSA) is 50.1 Å². The van der Waals surface area contributed by atoms with Crippen molar-refractivity contribution in [2.75, 3.05) is 6.61 Å². The van der Waals surface area contributed by atoms with Gasteiger partial charge in [0.1, 0.15) is 0 Å². The summed E-state index contributed by atoms with van der Waals surface area (Å²) in [5, 5.41) is 8.13. The van der Waals surface area contributed by atoms with Gasteiger partial charge >= 0.3 is 84.1 Å². The molecule has 0 saturated heterocycles. The van der Waals surface area contributed by atoms with Gasteiger partial charge in [-0.05, 0) is 0 Å².